The van der Waals surface area contributed by atoms with Gasteiger partial charge in [0.2, 0.25) is 11.8 Å². The molecular weight excluding hydrogens is 564 g/mol. The number of nitrogens with zero attached hydrogens (tertiary/aromatic N) is 1. The fourth-order valence-corrected chi connectivity index (χ4v) is 5.46. The molecule has 4 atom stereocenters. The van der Waals surface area contributed by atoms with Crippen molar-refractivity contribution in [1.82, 2.24) is 16.0 Å². The summed E-state index contributed by atoms with van der Waals surface area (Å²) in [6.45, 7) is 14.3. The number of amides is 4. The van der Waals surface area contributed by atoms with Crippen LogP contribution in [-0.2, 0) is 25.5 Å². The number of carbonyl (C=O) groups excluding carboxylic acids is 4. The number of aliphatic hydroxyl groups excluding tert-OH is 1. The van der Waals surface area contributed by atoms with Crippen LogP contribution in [0.4, 0.5) is 15.3 Å². The summed E-state index contributed by atoms with van der Waals surface area (Å²) in [7, 11) is 1.31. The summed E-state index contributed by atoms with van der Waals surface area (Å²) in [5.41, 5.74) is 0.483. The average Bonchev–Trinajstić information content (AvgIpc) is 2.93. The number of methoxy groups -OCH3 is 1. The number of hydrogen-bond acceptors (Lipinski definition) is 7. The number of hydrogen-bond donors (Lipinski definition) is 4. The van der Waals surface area contributed by atoms with Gasteiger partial charge in [-0.05, 0) is 69.4 Å². The minimum absolute atomic E-state index is 0.00410. The van der Waals surface area contributed by atoms with Crippen molar-refractivity contribution >= 4 is 29.7 Å². The Kier molecular flexibility index (Phi) is 13.9. The lowest BCUT2D eigenvalue weighted by atomic mass is 9.79. The maximum atomic E-state index is 13.9. The lowest BCUT2D eigenvalue weighted by Gasteiger charge is -2.38. The van der Waals surface area contributed by atoms with E-state index in [1.165, 1.54) is 7.11 Å². The van der Waals surface area contributed by atoms with Gasteiger partial charge >= 0.3 is 12.2 Å². The number of rotatable bonds is 14. The molecule has 0 radical (unpaired) electrons. The molecule has 0 saturated heterocycles. The van der Waals surface area contributed by atoms with Gasteiger partial charge in [0.25, 0.3) is 0 Å². The molecule has 11 nitrogen and oxygen atoms in total. The van der Waals surface area contributed by atoms with Gasteiger partial charge in [-0.15, -0.1) is 0 Å². The Morgan fingerprint density at radius 2 is 1.75 bits per heavy atom. The lowest BCUT2D eigenvalue weighted by Crippen LogP contribution is -2.49. The van der Waals surface area contributed by atoms with Crippen molar-refractivity contribution in [3.8, 4) is 0 Å². The number of aliphatic hydroxyl groups is 1. The molecule has 44 heavy (non-hydrogen) atoms. The van der Waals surface area contributed by atoms with Crippen LogP contribution in [0.3, 0.4) is 0 Å². The molecule has 1 aliphatic rings. The van der Waals surface area contributed by atoms with E-state index < -0.39 is 41.3 Å². The Morgan fingerprint density at radius 3 is 2.39 bits per heavy atom. The molecule has 1 aromatic rings. The monoisotopic (exact) mass is 618 g/mol. The van der Waals surface area contributed by atoms with Crippen LogP contribution in [0.5, 0.6) is 0 Å². The zero-order chi connectivity index (χ0) is 33.1. The minimum Gasteiger partial charge on any atom is -0.453 e. The summed E-state index contributed by atoms with van der Waals surface area (Å²) in [4.78, 5) is 52.7. The largest absolute Gasteiger partial charge is 0.453 e. The van der Waals surface area contributed by atoms with Crippen molar-refractivity contribution in [3.05, 3.63) is 29.8 Å². The van der Waals surface area contributed by atoms with Gasteiger partial charge in [-0.1, -0.05) is 52.3 Å². The van der Waals surface area contributed by atoms with Gasteiger partial charge in [0.15, 0.2) is 0 Å². The number of carbonyl (C=O) groups is 4. The van der Waals surface area contributed by atoms with E-state index >= 15 is 0 Å². The van der Waals surface area contributed by atoms with Gasteiger partial charge in [0.05, 0.1) is 19.3 Å². The molecule has 0 bridgehead atoms. The second-order valence-corrected chi connectivity index (χ2v) is 13.7. The molecule has 0 saturated carbocycles. The summed E-state index contributed by atoms with van der Waals surface area (Å²) >= 11 is 0. The van der Waals surface area contributed by atoms with Crippen molar-refractivity contribution in [2.24, 2.45) is 17.3 Å². The van der Waals surface area contributed by atoms with E-state index in [4.69, 9.17) is 9.47 Å². The fourth-order valence-electron chi connectivity index (χ4n) is 5.46. The van der Waals surface area contributed by atoms with Gasteiger partial charge in [0, 0.05) is 37.7 Å². The summed E-state index contributed by atoms with van der Waals surface area (Å²) in [6, 6.07) is 6.98. The molecular formula is C33H54N4O7. The van der Waals surface area contributed by atoms with Crippen LogP contribution in [-0.4, -0.2) is 73.6 Å². The number of nitrogens with one attached hydrogen (secondary N) is 3. The highest BCUT2D eigenvalue weighted by molar-refractivity contribution is 5.95. The minimum atomic E-state index is -1.05. The van der Waals surface area contributed by atoms with E-state index in [1.807, 2.05) is 45.0 Å². The first-order valence-electron chi connectivity index (χ1n) is 15.7. The Balaban J connectivity index is 2.20. The number of fused-ring (bicyclic) bond motifs is 1. The fraction of sp³-hybridized carbons (Fsp3) is 0.697. The topological polar surface area (TPSA) is 146 Å². The normalized spacial score (nSPS) is 17.0. The summed E-state index contributed by atoms with van der Waals surface area (Å²) in [5.74, 6) is -0.721. The number of anilines is 1. The van der Waals surface area contributed by atoms with E-state index in [0.29, 0.717) is 26.1 Å². The second-order valence-electron chi connectivity index (χ2n) is 13.7. The maximum absolute atomic E-state index is 13.9. The van der Waals surface area contributed by atoms with Crippen LogP contribution < -0.4 is 20.9 Å². The van der Waals surface area contributed by atoms with Crippen LogP contribution in [0.15, 0.2) is 24.3 Å². The molecule has 1 aromatic carbocycles. The SMILES string of the molecule is CCCCNC(=O)[C@H](C)C[C@H](O)[C@H](CC(C)(C)CC(=O)N1CC(CNC(=O)OC)Cc2ccccc21)NC(=O)OC(C)(C)C. The summed E-state index contributed by atoms with van der Waals surface area (Å²) < 4.78 is 10.2. The van der Waals surface area contributed by atoms with E-state index in [2.05, 4.69) is 16.0 Å². The Hall–Kier alpha value is -3.34. The molecule has 0 aliphatic carbocycles. The van der Waals surface area contributed by atoms with Gasteiger partial charge in [-0.2, -0.15) is 0 Å². The van der Waals surface area contributed by atoms with Crippen LogP contribution in [0.2, 0.25) is 0 Å². The number of para-hydroxylation sites is 1. The van der Waals surface area contributed by atoms with Crippen molar-refractivity contribution < 1.29 is 33.8 Å². The highest BCUT2D eigenvalue weighted by Gasteiger charge is 2.36. The lowest BCUT2D eigenvalue weighted by molar-refractivity contribution is -0.125. The number of alkyl carbamates (subject to hydrolysis) is 2. The first-order chi connectivity index (χ1) is 20.5. The molecule has 0 fully saturated rings. The second kappa shape index (κ2) is 16.7. The highest BCUT2D eigenvalue weighted by Crippen LogP contribution is 2.34. The molecule has 1 aliphatic heterocycles. The Bertz CT molecular complexity index is 1120. The number of unbranched alkanes of at least 4 members (excludes halogenated alkanes) is 1. The van der Waals surface area contributed by atoms with E-state index in [9.17, 15) is 24.3 Å². The predicted octanol–water partition coefficient (Wildman–Crippen LogP) is 4.55. The van der Waals surface area contributed by atoms with Crippen LogP contribution in [0.25, 0.3) is 0 Å². The van der Waals surface area contributed by atoms with Gasteiger partial charge in [-0.3, -0.25) is 9.59 Å². The van der Waals surface area contributed by atoms with Crippen molar-refractivity contribution in [2.45, 2.75) is 105 Å². The van der Waals surface area contributed by atoms with E-state index in [0.717, 1.165) is 24.1 Å². The molecule has 4 N–H and O–H groups in total. The third kappa shape index (κ3) is 12.3. The molecule has 0 aromatic heterocycles. The zero-order valence-corrected chi connectivity index (χ0v) is 27.8. The third-order valence-corrected chi connectivity index (χ3v) is 7.69. The third-order valence-electron chi connectivity index (χ3n) is 7.69. The molecule has 248 valence electrons. The quantitative estimate of drug-likeness (QED) is 0.224. The summed E-state index contributed by atoms with van der Waals surface area (Å²) in [6.07, 6.45) is 0.858. The standard InChI is InChI=1S/C33H54N4O7/c1-9-10-15-34-29(40)22(2)16-27(38)25(36-31(42)44-32(3,4)5)18-33(6,7)19-28(39)37-21-23(20-35-30(41)43-8)17-24-13-11-12-14-26(24)37/h11-14,22-23,25,27,38H,9-10,15-21H2,1-8H3,(H,34,40)(H,35,41)(H,36,42)/t22-,23?,25+,27+/m1/s1. The average molecular weight is 619 g/mol. The van der Waals surface area contributed by atoms with E-state index in [-0.39, 0.29) is 37.0 Å². The smallest absolute Gasteiger partial charge is 0.407 e. The summed E-state index contributed by atoms with van der Waals surface area (Å²) in [5, 5.41) is 19.7. The highest BCUT2D eigenvalue weighted by atomic mass is 16.6. The number of benzene rings is 1. The van der Waals surface area contributed by atoms with E-state index in [1.54, 1.807) is 32.6 Å². The molecule has 1 unspecified atom stereocenters. The van der Waals surface area contributed by atoms with Crippen LogP contribution in [0, 0.1) is 17.3 Å². The first-order valence-corrected chi connectivity index (χ1v) is 15.7. The molecule has 4 amide bonds. The predicted molar refractivity (Wildman–Crippen MR) is 170 cm³/mol. The van der Waals surface area contributed by atoms with Crippen molar-refractivity contribution in [3.63, 3.8) is 0 Å². The van der Waals surface area contributed by atoms with Gasteiger partial charge < -0.3 is 35.4 Å². The molecule has 0 spiro atoms. The van der Waals surface area contributed by atoms with Gasteiger partial charge in [0.1, 0.15) is 5.60 Å². The van der Waals surface area contributed by atoms with Crippen LogP contribution >= 0.6 is 0 Å². The molecule has 1 heterocycles. The molecule has 2 rings (SSSR count). The molecule has 11 heteroatoms. The Morgan fingerprint density at radius 1 is 1.07 bits per heavy atom. The number of ether oxygens (including phenoxy) is 2. The maximum Gasteiger partial charge on any atom is 0.407 e. The Labute approximate surface area is 262 Å². The zero-order valence-electron chi connectivity index (χ0n) is 27.8. The van der Waals surface area contributed by atoms with Crippen LogP contribution in [0.1, 0.15) is 86.1 Å². The van der Waals surface area contributed by atoms with Crippen molar-refractivity contribution in [2.75, 3.05) is 31.6 Å². The van der Waals surface area contributed by atoms with Gasteiger partial charge in [-0.25, -0.2) is 9.59 Å². The van der Waals surface area contributed by atoms with Crippen molar-refractivity contribution in [1.29, 1.82) is 0 Å². The first kappa shape index (κ1) is 36.8.